The third-order valence-corrected chi connectivity index (χ3v) is 4.18. The molecule has 0 aliphatic heterocycles. The number of hydrogen-bond acceptors (Lipinski definition) is 4. The molecule has 0 saturated heterocycles. The Balaban J connectivity index is 1.89. The van der Waals surface area contributed by atoms with Crippen LogP contribution in [0.15, 0.2) is 47.8 Å². The SMILES string of the molecule is COc1cc(NC(=O)c2csc3ccccc23)ccc1N. The lowest BCUT2D eigenvalue weighted by molar-refractivity contribution is 0.102. The predicted octanol–water partition coefficient (Wildman–Crippen LogP) is 3.74. The Bertz CT molecular complexity index is 811. The van der Waals surface area contributed by atoms with Gasteiger partial charge in [-0.25, -0.2) is 0 Å². The van der Waals surface area contributed by atoms with Crippen LogP contribution in [0.4, 0.5) is 11.4 Å². The van der Waals surface area contributed by atoms with Gasteiger partial charge in [0, 0.05) is 27.2 Å². The summed E-state index contributed by atoms with van der Waals surface area (Å²) in [7, 11) is 1.55. The minimum atomic E-state index is -0.140. The smallest absolute Gasteiger partial charge is 0.257 e. The number of ether oxygens (including phenoxy) is 1. The van der Waals surface area contributed by atoms with Crippen molar-refractivity contribution in [3.8, 4) is 5.75 Å². The van der Waals surface area contributed by atoms with E-state index in [1.165, 1.54) is 0 Å². The molecular weight excluding hydrogens is 284 g/mol. The molecule has 0 unspecified atom stereocenters. The predicted molar refractivity (Wildman–Crippen MR) is 87.2 cm³/mol. The maximum atomic E-state index is 12.4. The highest BCUT2D eigenvalue weighted by Crippen LogP contribution is 2.28. The van der Waals surface area contributed by atoms with Gasteiger partial charge in [-0.05, 0) is 18.2 Å². The first kappa shape index (κ1) is 13.5. The van der Waals surface area contributed by atoms with Crippen LogP contribution in [0.2, 0.25) is 0 Å². The van der Waals surface area contributed by atoms with Gasteiger partial charge < -0.3 is 15.8 Å². The Labute approximate surface area is 126 Å². The first-order valence-corrected chi connectivity index (χ1v) is 7.28. The molecule has 2 aromatic carbocycles. The van der Waals surface area contributed by atoms with E-state index in [9.17, 15) is 4.79 Å². The molecule has 21 heavy (non-hydrogen) atoms. The van der Waals surface area contributed by atoms with Gasteiger partial charge in [-0.1, -0.05) is 18.2 Å². The Hall–Kier alpha value is -2.53. The monoisotopic (exact) mass is 298 g/mol. The summed E-state index contributed by atoms with van der Waals surface area (Å²) in [5.41, 5.74) is 7.63. The van der Waals surface area contributed by atoms with Crippen LogP contribution < -0.4 is 15.8 Å². The van der Waals surface area contributed by atoms with E-state index in [4.69, 9.17) is 10.5 Å². The van der Waals surface area contributed by atoms with Gasteiger partial charge in [0.05, 0.1) is 18.4 Å². The summed E-state index contributed by atoms with van der Waals surface area (Å²) in [4.78, 5) is 12.4. The van der Waals surface area contributed by atoms with E-state index < -0.39 is 0 Å². The number of methoxy groups -OCH3 is 1. The van der Waals surface area contributed by atoms with Gasteiger partial charge in [-0.3, -0.25) is 4.79 Å². The molecule has 0 fully saturated rings. The molecule has 0 saturated carbocycles. The quantitative estimate of drug-likeness (QED) is 0.724. The summed E-state index contributed by atoms with van der Waals surface area (Å²) in [6.45, 7) is 0. The number of anilines is 2. The van der Waals surface area contributed by atoms with Crippen LogP contribution in [0.25, 0.3) is 10.1 Å². The molecule has 0 aliphatic rings. The van der Waals surface area contributed by atoms with Gasteiger partial charge in [0.15, 0.2) is 0 Å². The molecule has 106 valence electrons. The van der Waals surface area contributed by atoms with E-state index in [0.717, 1.165) is 10.1 Å². The van der Waals surface area contributed by atoms with Crippen molar-refractivity contribution < 1.29 is 9.53 Å². The molecule has 0 bridgehead atoms. The summed E-state index contributed by atoms with van der Waals surface area (Å²) in [6.07, 6.45) is 0. The van der Waals surface area contributed by atoms with Crippen LogP contribution in [0.3, 0.4) is 0 Å². The van der Waals surface area contributed by atoms with Gasteiger partial charge in [0.2, 0.25) is 0 Å². The molecule has 0 atom stereocenters. The van der Waals surface area contributed by atoms with Crippen LogP contribution in [0, 0.1) is 0 Å². The molecule has 4 nitrogen and oxygen atoms in total. The van der Waals surface area contributed by atoms with Crippen molar-refractivity contribution in [3.63, 3.8) is 0 Å². The van der Waals surface area contributed by atoms with E-state index in [1.807, 2.05) is 29.6 Å². The first-order valence-electron chi connectivity index (χ1n) is 6.40. The fourth-order valence-electron chi connectivity index (χ4n) is 2.14. The highest BCUT2D eigenvalue weighted by Gasteiger charge is 2.12. The van der Waals surface area contributed by atoms with Crippen molar-refractivity contribution in [2.75, 3.05) is 18.2 Å². The summed E-state index contributed by atoms with van der Waals surface area (Å²) in [5.74, 6) is 0.405. The van der Waals surface area contributed by atoms with E-state index in [1.54, 1.807) is 36.6 Å². The van der Waals surface area contributed by atoms with E-state index >= 15 is 0 Å². The number of carbonyl (C=O) groups excluding carboxylic acids is 1. The minimum Gasteiger partial charge on any atom is -0.495 e. The number of rotatable bonds is 3. The van der Waals surface area contributed by atoms with E-state index in [2.05, 4.69) is 5.32 Å². The van der Waals surface area contributed by atoms with E-state index in [-0.39, 0.29) is 5.91 Å². The second kappa shape index (κ2) is 5.46. The van der Waals surface area contributed by atoms with E-state index in [0.29, 0.717) is 22.7 Å². The summed E-state index contributed by atoms with van der Waals surface area (Å²) in [5, 5.41) is 5.70. The lowest BCUT2D eigenvalue weighted by Gasteiger charge is -2.08. The summed E-state index contributed by atoms with van der Waals surface area (Å²) in [6, 6.07) is 13.0. The fourth-order valence-corrected chi connectivity index (χ4v) is 3.08. The average Bonchev–Trinajstić information content (AvgIpc) is 2.93. The normalized spacial score (nSPS) is 10.5. The zero-order chi connectivity index (χ0) is 14.8. The molecule has 1 aromatic heterocycles. The van der Waals surface area contributed by atoms with Gasteiger partial charge in [-0.2, -0.15) is 0 Å². The summed E-state index contributed by atoms with van der Waals surface area (Å²) < 4.78 is 6.25. The Morgan fingerprint density at radius 1 is 1.24 bits per heavy atom. The molecular formula is C16H14N2O2S. The average molecular weight is 298 g/mol. The maximum Gasteiger partial charge on any atom is 0.257 e. The van der Waals surface area contributed by atoms with Gasteiger partial charge in [0.1, 0.15) is 5.75 Å². The number of thiophene rings is 1. The standard InChI is InChI=1S/C16H14N2O2S/c1-20-14-8-10(6-7-13(14)17)18-16(19)12-9-21-15-5-3-2-4-11(12)15/h2-9H,17H2,1H3,(H,18,19). The molecule has 1 amide bonds. The van der Waals surface area contributed by atoms with Crippen molar-refractivity contribution in [1.82, 2.24) is 0 Å². The molecule has 0 radical (unpaired) electrons. The van der Waals surface area contributed by atoms with Crippen LogP contribution in [0.5, 0.6) is 5.75 Å². The highest BCUT2D eigenvalue weighted by atomic mass is 32.1. The lowest BCUT2D eigenvalue weighted by Crippen LogP contribution is -2.11. The number of carbonyl (C=O) groups is 1. The zero-order valence-corrected chi connectivity index (χ0v) is 12.2. The lowest BCUT2D eigenvalue weighted by atomic mass is 10.1. The van der Waals surface area contributed by atoms with Crippen molar-refractivity contribution in [2.45, 2.75) is 0 Å². The van der Waals surface area contributed by atoms with Crippen molar-refractivity contribution in [3.05, 3.63) is 53.4 Å². The van der Waals surface area contributed by atoms with Crippen molar-refractivity contribution in [2.24, 2.45) is 0 Å². The molecule has 1 heterocycles. The van der Waals surface area contributed by atoms with Gasteiger partial charge >= 0.3 is 0 Å². The molecule has 3 N–H and O–H groups in total. The molecule has 3 rings (SSSR count). The Morgan fingerprint density at radius 3 is 2.86 bits per heavy atom. The summed E-state index contributed by atoms with van der Waals surface area (Å²) >= 11 is 1.56. The number of benzene rings is 2. The number of amides is 1. The van der Waals surface area contributed by atoms with Crippen molar-refractivity contribution >= 4 is 38.7 Å². The van der Waals surface area contributed by atoms with Gasteiger partial charge in [-0.15, -0.1) is 11.3 Å². The molecule has 0 aliphatic carbocycles. The Morgan fingerprint density at radius 2 is 2.05 bits per heavy atom. The highest BCUT2D eigenvalue weighted by molar-refractivity contribution is 7.17. The Kier molecular flexibility index (Phi) is 3.50. The fraction of sp³-hybridized carbons (Fsp3) is 0.0625. The zero-order valence-electron chi connectivity index (χ0n) is 11.4. The largest absolute Gasteiger partial charge is 0.495 e. The molecule has 5 heteroatoms. The second-order valence-corrected chi connectivity index (χ2v) is 5.47. The van der Waals surface area contributed by atoms with Crippen LogP contribution in [0.1, 0.15) is 10.4 Å². The first-order chi connectivity index (χ1) is 10.2. The third kappa shape index (κ3) is 2.55. The third-order valence-electron chi connectivity index (χ3n) is 3.22. The number of nitrogen functional groups attached to an aromatic ring is 1. The topological polar surface area (TPSA) is 64.3 Å². The van der Waals surface area contributed by atoms with Crippen molar-refractivity contribution in [1.29, 1.82) is 0 Å². The molecule has 0 spiro atoms. The van der Waals surface area contributed by atoms with Crippen LogP contribution >= 0.6 is 11.3 Å². The minimum absolute atomic E-state index is 0.140. The second-order valence-electron chi connectivity index (χ2n) is 4.56. The number of fused-ring (bicyclic) bond motifs is 1. The maximum absolute atomic E-state index is 12.4. The van der Waals surface area contributed by atoms with Crippen LogP contribution in [-0.4, -0.2) is 13.0 Å². The number of nitrogens with one attached hydrogen (secondary N) is 1. The molecule has 3 aromatic rings. The van der Waals surface area contributed by atoms with Crippen LogP contribution in [-0.2, 0) is 0 Å². The van der Waals surface area contributed by atoms with Gasteiger partial charge in [0.25, 0.3) is 5.91 Å². The number of nitrogens with two attached hydrogens (primary N) is 1. The number of hydrogen-bond donors (Lipinski definition) is 2.